The lowest BCUT2D eigenvalue weighted by atomic mass is 10.9. The van der Waals surface area contributed by atoms with Crippen molar-refractivity contribution in [2.24, 2.45) is 0 Å². The summed E-state index contributed by atoms with van der Waals surface area (Å²) in [4.78, 5) is 0. The molecule has 0 aromatic carbocycles. The molecule has 0 spiro atoms. The maximum absolute atomic E-state index is 8.17. The molecule has 8 bridgehead atoms. The molecule has 6 aliphatic heterocycles. The van der Waals surface area contributed by atoms with Crippen LogP contribution in [0.1, 0.15) is 6.92 Å². The minimum Gasteiger partial charge on any atom is -0.421 e. The van der Waals surface area contributed by atoms with E-state index in [1.165, 1.54) is 0 Å². The molecule has 6 aliphatic rings. The zero-order valence-electron chi connectivity index (χ0n) is 46.5. The molecule has 6 heterocycles. The highest BCUT2D eigenvalue weighted by atomic mass is 28.7. The van der Waals surface area contributed by atoms with Crippen LogP contribution in [0.5, 0.6) is 0 Å². The summed E-state index contributed by atoms with van der Waals surface area (Å²) >= 11 is 0. The van der Waals surface area contributed by atoms with Crippen LogP contribution >= 0.6 is 0 Å². The Labute approximate surface area is 432 Å². The van der Waals surface area contributed by atoms with Gasteiger partial charge >= 0.3 is 70.4 Å². The van der Waals surface area contributed by atoms with E-state index < -0.39 is 137 Å². The van der Waals surface area contributed by atoms with E-state index in [0.717, 1.165) is 0 Å². The minimum absolute atomic E-state index is 0.252. The standard InChI is InChI=1S/C33H90O20Si16/c1-25-41-61(23,24)33-69-51-66(30-58(17,18)38-6)45-63(27-55(11,12)35-3)42-62(26-54(9,10)34-2)43-64(47-66,28-56(13,14)36-4)49-68(53-69,32-60(21,22)40-8)50-65(44-62,29-57(15,16)37-5)48-67(46-63,52-69)31-59(19,20)39-7/h25-33H2,1-24H3. The van der Waals surface area contributed by atoms with Gasteiger partial charge in [0.15, 0.2) is 66.5 Å². The Morgan fingerprint density at radius 3 is 0.449 bits per heavy atom. The fraction of sp³-hybridized carbons (Fsp3) is 1.00. The van der Waals surface area contributed by atoms with Gasteiger partial charge in [-0.15, -0.1) is 0 Å². The second kappa shape index (κ2) is 21.0. The normalized spacial score (nSPS) is 36.0. The zero-order valence-corrected chi connectivity index (χ0v) is 62.5. The van der Waals surface area contributed by atoms with Gasteiger partial charge in [0.25, 0.3) is 0 Å². The molecule has 6 saturated heterocycles. The summed E-state index contributed by atoms with van der Waals surface area (Å²) in [5.74, 6) is 0. The molecule has 406 valence electrons. The smallest absolute Gasteiger partial charge is 0.421 e. The van der Waals surface area contributed by atoms with E-state index in [4.69, 9.17) is 84.8 Å². The second-order valence-corrected chi connectivity index (χ2v) is 87.4. The summed E-state index contributed by atoms with van der Waals surface area (Å²) in [5, 5.41) is 0. The largest absolute Gasteiger partial charge is 0.478 e. The van der Waals surface area contributed by atoms with Crippen LogP contribution in [0, 0.1) is 0 Å². The molecule has 6 fully saturated rings. The minimum atomic E-state index is -4.43. The van der Waals surface area contributed by atoms with Crippen molar-refractivity contribution in [2.75, 3.05) is 56.4 Å². The van der Waals surface area contributed by atoms with Crippen LogP contribution in [-0.4, -0.2) is 193 Å². The van der Waals surface area contributed by atoms with Crippen molar-refractivity contribution < 1.29 is 84.8 Å². The highest BCUT2D eigenvalue weighted by Crippen LogP contribution is 2.57. The highest BCUT2D eigenvalue weighted by molar-refractivity contribution is 7.12. The Hall–Kier alpha value is 2.67. The van der Waals surface area contributed by atoms with E-state index >= 15 is 0 Å². The maximum Gasteiger partial charge on any atom is 0.478 e. The molecule has 0 aromatic heterocycles. The molecular weight excluding hydrogens is 1170 g/mol. The SMILES string of the molecule is CCO[Si](C)(C)C[Si]12O[Si]3(C[Si](C)(C)OC)O[Si]4(C[Si](C)(C)OC)O[Si]5(C[Si](C)(C)OC)O[Si](C[Si](C)(C)OC)(O3)O[Si](C[Si](C)(C)OC)(O[Si](C[Si](C)(C)OC)(O5)O[Si](C[Si](C)(C)OC)(O4)O1)O2. The summed E-state index contributed by atoms with van der Waals surface area (Å²) in [5.41, 5.74) is 2.03. The van der Waals surface area contributed by atoms with Crippen LogP contribution in [0.3, 0.4) is 0 Å². The Bertz CT molecular complexity index is 1610. The Morgan fingerprint density at radius 2 is 0.348 bits per heavy atom. The summed E-state index contributed by atoms with van der Waals surface area (Å²) < 4.78 is 150. The quantitative estimate of drug-likeness (QED) is 0.0830. The Kier molecular flexibility index (Phi) is 19.1. The topological polar surface area (TPSA) is 185 Å². The van der Waals surface area contributed by atoms with Crippen molar-refractivity contribution in [3.8, 4) is 0 Å². The summed E-state index contributed by atoms with van der Waals surface area (Å²) in [6.07, 6.45) is 0. The predicted octanol–water partition coefficient (Wildman–Crippen LogP) is 7.28. The molecule has 69 heavy (non-hydrogen) atoms. The summed E-state index contributed by atoms with van der Waals surface area (Å²) in [7, 11) is -45.6. The first-order valence-corrected chi connectivity index (χ1v) is 64.4. The molecule has 20 nitrogen and oxygen atoms in total. The van der Waals surface area contributed by atoms with Crippen LogP contribution in [0.25, 0.3) is 0 Å². The number of rotatable bonds is 25. The Morgan fingerprint density at radius 1 is 0.232 bits per heavy atom. The van der Waals surface area contributed by atoms with Crippen LogP contribution in [0.2, 0.25) is 150 Å². The molecule has 6 rings (SSSR count). The van der Waals surface area contributed by atoms with Gasteiger partial charge < -0.3 is 84.8 Å². The van der Waals surface area contributed by atoms with E-state index in [-0.39, 0.29) is 45.3 Å². The van der Waals surface area contributed by atoms with Crippen LogP contribution in [0.4, 0.5) is 0 Å². The first-order chi connectivity index (χ1) is 31.1. The first kappa shape index (κ1) is 62.5. The van der Waals surface area contributed by atoms with E-state index in [9.17, 15) is 0 Å². The van der Waals surface area contributed by atoms with Gasteiger partial charge in [-0.25, -0.2) is 0 Å². The molecule has 0 unspecified atom stereocenters. The van der Waals surface area contributed by atoms with Gasteiger partial charge in [0.1, 0.15) is 0 Å². The third-order valence-corrected chi connectivity index (χ3v) is 93.0. The van der Waals surface area contributed by atoms with Crippen molar-refractivity contribution in [2.45, 2.75) is 157 Å². The van der Waals surface area contributed by atoms with Crippen molar-refractivity contribution in [3.05, 3.63) is 0 Å². The van der Waals surface area contributed by atoms with Crippen molar-refractivity contribution in [1.82, 2.24) is 0 Å². The van der Waals surface area contributed by atoms with Gasteiger partial charge in [0.05, 0.1) is 0 Å². The van der Waals surface area contributed by atoms with E-state index in [0.29, 0.717) is 6.61 Å². The fourth-order valence-electron chi connectivity index (χ4n) is 9.33. The average Bonchev–Trinajstić information content (AvgIpc) is 3.13. The van der Waals surface area contributed by atoms with Gasteiger partial charge in [-0.3, -0.25) is 0 Å². The van der Waals surface area contributed by atoms with Gasteiger partial charge in [-0.1, -0.05) is 0 Å². The lowest BCUT2D eigenvalue weighted by Crippen LogP contribution is -2.90. The zero-order chi connectivity index (χ0) is 52.5. The maximum atomic E-state index is 8.17. The third kappa shape index (κ3) is 15.3. The van der Waals surface area contributed by atoms with Crippen LogP contribution in [0.15, 0.2) is 0 Å². The summed E-state index contributed by atoms with van der Waals surface area (Å²) in [6, 6.07) is 0. The molecular formula is C33H90O20Si16. The average molecular weight is 1260 g/mol. The van der Waals surface area contributed by atoms with E-state index in [1.807, 2.05) is 6.92 Å². The van der Waals surface area contributed by atoms with Crippen molar-refractivity contribution in [1.29, 1.82) is 0 Å². The molecule has 0 aliphatic carbocycles. The van der Waals surface area contributed by atoms with Gasteiger partial charge in [-0.05, 0) is 112 Å². The molecule has 0 aromatic rings. The van der Waals surface area contributed by atoms with Crippen molar-refractivity contribution in [3.63, 3.8) is 0 Å². The first-order valence-electron chi connectivity index (χ1n) is 24.0. The van der Waals surface area contributed by atoms with E-state index in [1.54, 1.807) is 49.8 Å². The lowest BCUT2D eigenvalue weighted by molar-refractivity contribution is -0.0237. The molecule has 0 radical (unpaired) electrons. The Balaban J connectivity index is 2.15. The number of hydrogen-bond acceptors (Lipinski definition) is 20. The molecule has 0 saturated carbocycles. The van der Waals surface area contributed by atoms with Crippen molar-refractivity contribution >= 4 is 137 Å². The van der Waals surface area contributed by atoms with E-state index in [2.05, 4.69) is 105 Å². The number of hydrogen-bond donors (Lipinski definition) is 0. The van der Waals surface area contributed by atoms with Crippen LogP contribution < -0.4 is 0 Å². The third-order valence-electron chi connectivity index (χ3n) is 13.3. The molecule has 0 amide bonds. The van der Waals surface area contributed by atoms with Gasteiger partial charge in [0.2, 0.25) is 0 Å². The second-order valence-electron chi connectivity index (χ2n) is 24.0. The fourth-order valence-corrected chi connectivity index (χ4v) is 106. The van der Waals surface area contributed by atoms with Gasteiger partial charge in [-0.2, -0.15) is 0 Å². The van der Waals surface area contributed by atoms with Gasteiger partial charge in [0, 0.05) is 102 Å². The molecule has 36 heteroatoms. The predicted molar refractivity (Wildman–Crippen MR) is 298 cm³/mol. The monoisotopic (exact) mass is 1250 g/mol. The molecule has 0 N–H and O–H groups in total. The lowest BCUT2D eigenvalue weighted by Gasteiger charge is -2.65. The van der Waals surface area contributed by atoms with Crippen LogP contribution in [-0.2, 0) is 84.8 Å². The highest BCUT2D eigenvalue weighted by Gasteiger charge is 2.86. The summed E-state index contributed by atoms with van der Waals surface area (Å²) in [6.45, 7) is 36.5. The molecule has 0 atom stereocenters.